The van der Waals surface area contributed by atoms with E-state index in [2.05, 4.69) is 5.32 Å². The summed E-state index contributed by atoms with van der Waals surface area (Å²) in [6, 6.07) is 7.38. The third-order valence-corrected chi connectivity index (χ3v) is 5.13. The lowest BCUT2D eigenvalue weighted by Gasteiger charge is -2.17. The molecule has 0 radical (unpaired) electrons. The number of unbranched alkanes of at least 4 members (excludes halogenated alkanes) is 3. The molecule has 152 valence electrons. The highest BCUT2D eigenvalue weighted by Gasteiger charge is 2.39. The maximum Gasteiger partial charge on any atom is 0.303 e. The molecule has 1 fully saturated rings. The Hall–Kier alpha value is -2.47. The number of carboxylic acid groups (broad SMARTS) is 1. The minimum absolute atomic E-state index is 0.105. The number of ketones is 1. The highest BCUT2D eigenvalue weighted by Crippen LogP contribution is 2.34. The van der Waals surface area contributed by atoms with Gasteiger partial charge >= 0.3 is 5.97 Å². The van der Waals surface area contributed by atoms with Crippen molar-refractivity contribution in [1.82, 2.24) is 0 Å². The quantitative estimate of drug-likeness (QED) is 0.532. The number of anilines is 1. The first-order valence-corrected chi connectivity index (χ1v) is 9.85. The molecule has 0 spiro atoms. The Morgan fingerprint density at radius 3 is 2.46 bits per heavy atom. The van der Waals surface area contributed by atoms with E-state index in [0.717, 1.165) is 36.9 Å². The molecule has 6 nitrogen and oxygen atoms in total. The molecule has 6 heteroatoms. The van der Waals surface area contributed by atoms with Gasteiger partial charge in [-0.1, -0.05) is 43.5 Å². The van der Waals surface area contributed by atoms with E-state index in [1.54, 1.807) is 0 Å². The van der Waals surface area contributed by atoms with Crippen LogP contribution in [0.2, 0.25) is 0 Å². The number of aliphatic hydroxyl groups excluding tert-OH is 1. The first-order chi connectivity index (χ1) is 13.4. The molecule has 0 heterocycles. The second-order valence-electron chi connectivity index (χ2n) is 7.43. The highest BCUT2D eigenvalue weighted by atomic mass is 16.4. The van der Waals surface area contributed by atoms with Gasteiger partial charge < -0.3 is 15.5 Å². The molecule has 1 aromatic rings. The molecule has 3 N–H and O–H groups in total. The number of carbonyl (C=O) groups is 3. The van der Waals surface area contributed by atoms with E-state index in [0.29, 0.717) is 6.42 Å². The van der Waals surface area contributed by atoms with Gasteiger partial charge in [-0.05, 0) is 30.5 Å². The van der Waals surface area contributed by atoms with Gasteiger partial charge in [-0.3, -0.25) is 14.4 Å². The van der Waals surface area contributed by atoms with E-state index in [1.165, 1.54) is 6.92 Å². The zero-order chi connectivity index (χ0) is 20.5. The fourth-order valence-corrected chi connectivity index (χ4v) is 3.69. The molecule has 0 aromatic heterocycles. The van der Waals surface area contributed by atoms with Crippen molar-refractivity contribution in [2.75, 3.05) is 5.32 Å². The SMILES string of the molecule is CC(=O)Nc1ccc(/C=C/C2C(O)CC(=O)C2CCCCCCC(=O)O)cc1. The number of Topliss-reactive ketones (excluding diaryl/α,β-unsaturated/α-hetero) is 1. The molecule has 3 atom stereocenters. The van der Waals surface area contributed by atoms with Crippen LogP contribution < -0.4 is 5.32 Å². The topological polar surface area (TPSA) is 104 Å². The lowest BCUT2D eigenvalue weighted by atomic mass is 9.88. The number of aliphatic hydroxyl groups is 1. The molecule has 2 rings (SSSR count). The molecule has 1 amide bonds. The molecule has 0 aliphatic heterocycles. The molecule has 1 saturated carbocycles. The second kappa shape index (κ2) is 10.8. The Balaban J connectivity index is 1.88. The van der Waals surface area contributed by atoms with E-state index in [4.69, 9.17) is 5.11 Å². The third kappa shape index (κ3) is 6.93. The Morgan fingerprint density at radius 1 is 1.14 bits per heavy atom. The predicted octanol–water partition coefficient (Wildman–Crippen LogP) is 3.65. The van der Waals surface area contributed by atoms with Gasteiger partial charge in [-0.25, -0.2) is 0 Å². The maximum atomic E-state index is 12.3. The number of hydrogen-bond acceptors (Lipinski definition) is 4. The lowest BCUT2D eigenvalue weighted by Crippen LogP contribution is -2.18. The van der Waals surface area contributed by atoms with Crippen molar-refractivity contribution >= 4 is 29.4 Å². The van der Waals surface area contributed by atoms with E-state index in [-0.39, 0.29) is 36.4 Å². The number of amides is 1. The van der Waals surface area contributed by atoms with Crippen LogP contribution in [0.4, 0.5) is 5.69 Å². The van der Waals surface area contributed by atoms with E-state index < -0.39 is 12.1 Å². The van der Waals surface area contributed by atoms with Crippen LogP contribution in [0.3, 0.4) is 0 Å². The largest absolute Gasteiger partial charge is 0.481 e. The molecular formula is C22H29NO5. The van der Waals surface area contributed by atoms with Crippen molar-refractivity contribution in [3.8, 4) is 0 Å². The van der Waals surface area contributed by atoms with Crippen molar-refractivity contribution in [2.45, 2.75) is 58.0 Å². The van der Waals surface area contributed by atoms with Gasteiger partial charge in [0.2, 0.25) is 5.91 Å². The van der Waals surface area contributed by atoms with Crippen LogP contribution >= 0.6 is 0 Å². The summed E-state index contributed by atoms with van der Waals surface area (Å²) in [6.45, 7) is 1.46. The summed E-state index contributed by atoms with van der Waals surface area (Å²) in [7, 11) is 0. The molecule has 1 aromatic carbocycles. The van der Waals surface area contributed by atoms with E-state index in [1.807, 2.05) is 36.4 Å². The molecule has 0 bridgehead atoms. The van der Waals surface area contributed by atoms with Crippen molar-refractivity contribution in [3.63, 3.8) is 0 Å². The maximum absolute atomic E-state index is 12.3. The average molecular weight is 387 g/mol. The summed E-state index contributed by atoms with van der Waals surface area (Å²) in [4.78, 5) is 33.8. The van der Waals surface area contributed by atoms with Crippen LogP contribution in [-0.2, 0) is 14.4 Å². The summed E-state index contributed by atoms with van der Waals surface area (Å²) < 4.78 is 0. The standard InChI is InChI=1S/C22H29NO5/c1-15(24)23-17-11-8-16(9-12-17)10-13-19-18(20(25)14-21(19)26)6-4-2-3-5-7-22(27)28/h8-13,18-19,21,26H,2-7,14H2,1H3,(H,23,24)(H,27,28)/b13-10+. The van der Waals surface area contributed by atoms with E-state index >= 15 is 0 Å². The number of nitrogens with one attached hydrogen (secondary N) is 1. The first kappa shape index (κ1) is 21.8. The monoisotopic (exact) mass is 387 g/mol. The second-order valence-corrected chi connectivity index (χ2v) is 7.43. The summed E-state index contributed by atoms with van der Waals surface area (Å²) in [5.74, 6) is -1.16. The summed E-state index contributed by atoms with van der Waals surface area (Å²) in [5.41, 5.74) is 1.66. The lowest BCUT2D eigenvalue weighted by molar-refractivity contribution is -0.137. The van der Waals surface area contributed by atoms with Crippen LogP contribution in [0.25, 0.3) is 6.08 Å². The smallest absolute Gasteiger partial charge is 0.303 e. The van der Waals surface area contributed by atoms with Crippen LogP contribution in [0.5, 0.6) is 0 Å². The normalized spacial score (nSPS) is 21.9. The summed E-state index contributed by atoms with van der Waals surface area (Å²) in [6.07, 6.45) is 7.53. The third-order valence-electron chi connectivity index (χ3n) is 5.13. The van der Waals surface area contributed by atoms with Crippen molar-refractivity contribution in [1.29, 1.82) is 0 Å². The zero-order valence-electron chi connectivity index (χ0n) is 16.3. The summed E-state index contributed by atoms with van der Waals surface area (Å²) >= 11 is 0. The number of rotatable bonds is 10. The summed E-state index contributed by atoms with van der Waals surface area (Å²) in [5, 5.41) is 21.6. The fourth-order valence-electron chi connectivity index (χ4n) is 3.69. The van der Waals surface area contributed by atoms with Crippen molar-refractivity contribution < 1.29 is 24.6 Å². The molecule has 1 aliphatic rings. The van der Waals surface area contributed by atoms with E-state index in [9.17, 15) is 19.5 Å². The van der Waals surface area contributed by atoms with Crippen molar-refractivity contribution in [2.24, 2.45) is 11.8 Å². The number of carboxylic acids is 1. The minimum atomic E-state index is -0.774. The van der Waals surface area contributed by atoms with Crippen LogP contribution in [0.1, 0.15) is 57.4 Å². The Kier molecular flexibility index (Phi) is 8.39. The molecule has 3 unspecified atom stereocenters. The van der Waals surface area contributed by atoms with Crippen LogP contribution in [0.15, 0.2) is 30.3 Å². The first-order valence-electron chi connectivity index (χ1n) is 9.85. The molecule has 0 saturated heterocycles. The highest BCUT2D eigenvalue weighted by molar-refractivity contribution is 5.88. The van der Waals surface area contributed by atoms with Gasteiger partial charge in [-0.2, -0.15) is 0 Å². The van der Waals surface area contributed by atoms with Crippen LogP contribution in [-0.4, -0.2) is 34.0 Å². The Morgan fingerprint density at radius 2 is 1.82 bits per heavy atom. The number of benzene rings is 1. The fraction of sp³-hybridized carbons (Fsp3) is 0.500. The van der Waals surface area contributed by atoms with Gasteiger partial charge in [0.1, 0.15) is 5.78 Å². The van der Waals surface area contributed by atoms with Crippen molar-refractivity contribution in [3.05, 3.63) is 35.9 Å². The Labute approximate surface area is 165 Å². The van der Waals surface area contributed by atoms with Gasteiger partial charge in [0.05, 0.1) is 6.10 Å². The van der Waals surface area contributed by atoms with Gasteiger partial charge in [0, 0.05) is 37.3 Å². The number of hydrogen-bond donors (Lipinski definition) is 3. The number of aliphatic carboxylic acids is 1. The van der Waals surface area contributed by atoms with Crippen LogP contribution in [0, 0.1) is 11.8 Å². The van der Waals surface area contributed by atoms with Gasteiger partial charge in [0.15, 0.2) is 0 Å². The molecular weight excluding hydrogens is 358 g/mol. The zero-order valence-corrected chi connectivity index (χ0v) is 16.3. The van der Waals surface area contributed by atoms with Gasteiger partial charge in [0.25, 0.3) is 0 Å². The molecule has 1 aliphatic carbocycles. The average Bonchev–Trinajstić information content (AvgIpc) is 2.89. The van der Waals surface area contributed by atoms with Gasteiger partial charge in [-0.15, -0.1) is 0 Å². The molecule has 28 heavy (non-hydrogen) atoms. The Bertz CT molecular complexity index is 710. The predicted molar refractivity (Wildman–Crippen MR) is 108 cm³/mol. The number of carbonyl (C=O) groups excluding carboxylic acids is 2. The minimum Gasteiger partial charge on any atom is -0.481 e.